The molecule has 0 fully saturated rings. The van der Waals surface area contributed by atoms with Crippen molar-refractivity contribution in [3.8, 4) is 12.3 Å². The highest BCUT2D eigenvalue weighted by molar-refractivity contribution is 7.91. The number of sulfone groups is 1. The van der Waals surface area contributed by atoms with Crippen molar-refractivity contribution in [2.75, 3.05) is 5.75 Å². The fourth-order valence-electron chi connectivity index (χ4n) is 1.63. The Morgan fingerprint density at radius 1 is 1.24 bits per heavy atom. The lowest BCUT2D eigenvalue weighted by molar-refractivity contribution is 0.599. The van der Waals surface area contributed by atoms with E-state index in [1.165, 1.54) is 18.2 Å². The number of rotatable bonds is 4. The highest BCUT2D eigenvalue weighted by Gasteiger charge is 2.12. The van der Waals surface area contributed by atoms with Crippen LogP contribution < -0.4 is 5.56 Å². The van der Waals surface area contributed by atoms with E-state index in [4.69, 9.17) is 6.42 Å². The number of hydrogen-bond donors (Lipinski definition) is 1. The summed E-state index contributed by atoms with van der Waals surface area (Å²) in [6, 6.07) is 9.37. The summed E-state index contributed by atoms with van der Waals surface area (Å²) in [6.07, 6.45) is 8.43. The number of nitrogens with zero attached hydrogens (tertiary/aromatic N) is 1. The molecular formula is C15H12N2O3S. The molecule has 0 amide bonds. The van der Waals surface area contributed by atoms with Crippen LogP contribution in [0.1, 0.15) is 11.3 Å². The van der Waals surface area contributed by atoms with Gasteiger partial charge >= 0.3 is 0 Å². The first kappa shape index (κ1) is 14.8. The van der Waals surface area contributed by atoms with Crippen LogP contribution in [-0.2, 0) is 9.84 Å². The summed E-state index contributed by atoms with van der Waals surface area (Å²) in [6.45, 7) is 0. The Morgan fingerprint density at radius 3 is 2.71 bits per heavy atom. The van der Waals surface area contributed by atoms with Gasteiger partial charge in [-0.15, -0.1) is 6.42 Å². The molecule has 0 saturated heterocycles. The van der Waals surface area contributed by atoms with Gasteiger partial charge in [-0.25, -0.2) is 13.5 Å². The Balaban J connectivity index is 2.28. The van der Waals surface area contributed by atoms with E-state index in [-0.39, 0.29) is 16.2 Å². The molecule has 106 valence electrons. The zero-order valence-electron chi connectivity index (χ0n) is 11.0. The molecular weight excluding hydrogens is 288 g/mol. The van der Waals surface area contributed by atoms with E-state index in [1.54, 1.807) is 30.4 Å². The van der Waals surface area contributed by atoms with Gasteiger partial charge in [0.05, 0.1) is 10.6 Å². The molecule has 5 nitrogen and oxygen atoms in total. The van der Waals surface area contributed by atoms with Gasteiger partial charge in [0.2, 0.25) is 0 Å². The average Bonchev–Trinajstić information content (AvgIpc) is 2.47. The van der Waals surface area contributed by atoms with E-state index in [9.17, 15) is 13.2 Å². The molecule has 0 radical (unpaired) electrons. The van der Waals surface area contributed by atoms with Crippen molar-refractivity contribution >= 4 is 22.0 Å². The van der Waals surface area contributed by atoms with Crippen LogP contribution >= 0.6 is 0 Å². The summed E-state index contributed by atoms with van der Waals surface area (Å²) in [5.74, 6) is 1.81. The van der Waals surface area contributed by atoms with Crippen molar-refractivity contribution in [1.29, 1.82) is 0 Å². The number of nitrogens with one attached hydrogen (secondary N) is 1. The van der Waals surface area contributed by atoms with Crippen molar-refractivity contribution in [1.82, 2.24) is 10.2 Å². The lowest BCUT2D eigenvalue weighted by Crippen LogP contribution is -2.05. The Kier molecular flexibility index (Phi) is 4.36. The summed E-state index contributed by atoms with van der Waals surface area (Å²) in [5.41, 5.74) is 0.974. The quantitative estimate of drug-likeness (QED) is 0.864. The minimum absolute atomic E-state index is 0.178. The Hall–Kier alpha value is -2.65. The van der Waals surface area contributed by atoms with Gasteiger partial charge in [-0.3, -0.25) is 4.79 Å². The minimum atomic E-state index is -3.45. The first-order valence-corrected chi connectivity index (χ1v) is 7.66. The van der Waals surface area contributed by atoms with Crippen molar-refractivity contribution in [3.05, 3.63) is 58.0 Å². The SMILES string of the molecule is C#CCS(=O)(=O)c1cccc(/C=C/c2ccc(=O)[nH]n2)c1. The second-order valence-electron chi connectivity index (χ2n) is 4.22. The van der Waals surface area contributed by atoms with Gasteiger partial charge in [0, 0.05) is 6.07 Å². The lowest BCUT2D eigenvalue weighted by atomic mass is 10.2. The standard InChI is InChI=1S/C15H12N2O3S/c1-2-10-21(19,20)14-5-3-4-12(11-14)6-7-13-8-9-15(18)17-16-13/h1,3-9,11H,10H2,(H,17,18)/b7-6+. The number of benzene rings is 1. The smallest absolute Gasteiger partial charge is 0.264 e. The van der Waals surface area contributed by atoms with Crippen molar-refractivity contribution in [2.45, 2.75) is 4.90 Å². The Bertz CT molecular complexity index is 854. The maximum absolute atomic E-state index is 11.9. The fourth-order valence-corrected chi connectivity index (χ4v) is 2.62. The van der Waals surface area contributed by atoms with Crippen LogP contribution in [0.5, 0.6) is 0 Å². The van der Waals surface area contributed by atoms with Crippen LogP contribution in [0.4, 0.5) is 0 Å². The minimum Gasteiger partial charge on any atom is -0.268 e. The normalized spacial score (nSPS) is 11.4. The molecule has 0 unspecified atom stereocenters. The van der Waals surface area contributed by atoms with Crippen LogP contribution in [-0.4, -0.2) is 24.4 Å². The molecule has 1 aromatic carbocycles. The molecule has 6 heteroatoms. The predicted octanol–water partition coefficient (Wildman–Crippen LogP) is 1.35. The lowest BCUT2D eigenvalue weighted by Gasteiger charge is -2.01. The second kappa shape index (κ2) is 6.20. The van der Waals surface area contributed by atoms with Gasteiger partial charge in [-0.05, 0) is 29.8 Å². The molecule has 2 rings (SSSR count). The molecule has 0 saturated carbocycles. The summed E-state index contributed by atoms with van der Waals surface area (Å²) in [4.78, 5) is 11.1. The molecule has 0 aliphatic heterocycles. The highest BCUT2D eigenvalue weighted by atomic mass is 32.2. The van der Waals surface area contributed by atoms with Crippen LogP contribution in [0.3, 0.4) is 0 Å². The summed E-state index contributed by atoms with van der Waals surface area (Å²) in [7, 11) is -3.45. The van der Waals surface area contributed by atoms with Gasteiger partial charge in [-0.1, -0.05) is 24.1 Å². The number of H-pyrrole nitrogens is 1. The molecule has 1 N–H and O–H groups in total. The highest BCUT2D eigenvalue weighted by Crippen LogP contribution is 2.15. The summed E-state index contributed by atoms with van der Waals surface area (Å²) in [5, 5.41) is 6.14. The third-order valence-corrected chi connectivity index (χ3v) is 4.16. The Morgan fingerprint density at radius 2 is 2.05 bits per heavy atom. The summed E-state index contributed by atoms with van der Waals surface area (Å²) >= 11 is 0. The first-order valence-electron chi connectivity index (χ1n) is 6.01. The van der Waals surface area contributed by atoms with E-state index >= 15 is 0 Å². The second-order valence-corrected chi connectivity index (χ2v) is 6.20. The van der Waals surface area contributed by atoms with E-state index in [1.807, 2.05) is 0 Å². The molecule has 1 heterocycles. The van der Waals surface area contributed by atoms with Crippen LogP contribution in [0.2, 0.25) is 0 Å². The first-order chi connectivity index (χ1) is 10.0. The van der Waals surface area contributed by atoms with Gasteiger partial charge in [0.15, 0.2) is 9.84 Å². The van der Waals surface area contributed by atoms with Gasteiger partial charge < -0.3 is 0 Å². The average molecular weight is 300 g/mol. The Labute approximate surface area is 122 Å². The molecule has 0 spiro atoms. The maximum Gasteiger partial charge on any atom is 0.264 e. The third-order valence-electron chi connectivity index (χ3n) is 2.64. The van der Waals surface area contributed by atoms with Crippen molar-refractivity contribution in [3.63, 3.8) is 0 Å². The van der Waals surface area contributed by atoms with Gasteiger partial charge in [0.1, 0.15) is 5.75 Å². The zero-order chi connectivity index (χ0) is 15.3. The van der Waals surface area contributed by atoms with Gasteiger partial charge in [0.25, 0.3) is 5.56 Å². The van der Waals surface area contributed by atoms with Crippen LogP contribution in [0.15, 0.2) is 46.1 Å². The molecule has 0 bridgehead atoms. The van der Waals surface area contributed by atoms with E-state index in [0.29, 0.717) is 11.3 Å². The van der Waals surface area contributed by atoms with Crippen molar-refractivity contribution < 1.29 is 8.42 Å². The molecule has 2 aromatic rings. The maximum atomic E-state index is 11.9. The number of aromatic nitrogens is 2. The largest absolute Gasteiger partial charge is 0.268 e. The zero-order valence-corrected chi connectivity index (χ0v) is 11.8. The molecule has 0 aliphatic rings. The topological polar surface area (TPSA) is 79.9 Å². The fraction of sp³-hybridized carbons (Fsp3) is 0.0667. The predicted molar refractivity (Wildman–Crippen MR) is 81.1 cm³/mol. The number of hydrogen-bond acceptors (Lipinski definition) is 4. The van der Waals surface area contributed by atoms with E-state index in [0.717, 1.165) is 0 Å². The van der Waals surface area contributed by atoms with Gasteiger partial charge in [-0.2, -0.15) is 5.10 Å². The monoisotopic (exact) mass is 300 g/mol. The van der Waals surface area contributed by atoms with E-state index in [2.05, 4.69) is 16.1 Å². The third kappa shape index (κ3) is 3.91. The molecule has 21 heavy (non-hydrogen) atoms. The van der Waals surface area contributed by atoms with Crippen molar-refractivity contribution in [2.24, 2.45) is 0 Å². The van der Waals surface area contributed by atoms with Crippen LogP contribution in [0, 0.1) is 12.3 Å². The molecule has 1 aromatic heterocycles. The number of terminal acetylenes is 1. The molecule has 0 aliphatic carbocycles. The summed E-state index contributed by atoms with van der Waals surface area (Å²) < 4.78 is 23.8. The molecule has 0 atom stereocenters. The number of aromatic amines is 1. The van der Waals surface area contributed by atoms with E-state index < -0.39 is 9.84 Å². The van der Waals surface area contributed by atoms with Crippen LogP contribution in [0.25, 0.3) is 12.2 Å².